The Morgan fingerprint density at radius 3 is 2.20 bits per heavy atom. The molecule has 3 saturated heterocycles. The summed E-state index contributed by atoms with van der Waals surface area (Å²) in [6.45, 7) is 3.93. The number of nitrogens with one attached hydrogen (secondary N) is 1. The summed E-state index contributed by atoms with van der Waals surface area (Å²) in [5.74, 6) is 0.993. The molecule has 0 aromatic rings. The van der Waals surface area contributed by atoms with Crippen molar-refractivity contribution in [1.82, 2.24) is 10.2 Å². The maximum Gasteiger partial charge on any atom is 0.00988 e. The molecular formula is C13H24N2. The molecule has 3 aliphatic heterocycles. The lowest BCUT2D eigenvalue weighted by atomic mass is 9.94. The zero-order chi connectivity index (χ0) is 10.1. The Kier molecular flexibility index (Phi) is 2.98. The topological polar surface area (TPSA) is 15.3 Å². The number of fused-ring (bicyclic) bond motifs is 2. The van der Waals surface area contributed by atoms with Crippen molar-refractivity contribution in [3.63, 3.8) is 0 Å². The Hall–Kier alpha value is -0.0800. The minimum Gasteiger partial charge on any atom is -0.317 e. The lowest BCUT2D eigenvalue weighted by Gasteiger charge is -2.38. The van der Waals surface area contributed by atoms with E-state index in [0.717, 1.165) is 18.0 Å². The van der Waals surface area contributed by atoms with Crippen molar-refractivity contribution in [2.45, 2.75) is 57.0 Å². The Balaban J connectivity index is 1.57. The van der Waals surface area contributed by atoms with Crippen LogP contribution in [0.2, 0.25) is 0 Å². The Labute approximate surface area is 93.4 Å². The highest BCUT2D eigenvalue weighted by Crippen LogP contribution is 2.36. The first-order valence-corrected chi connectivity index (χ1v) is 6.90. The molecule has 2 unspecified atom stereocenters. The average Bonchev–Trinajstić information content (AvgIpc) is 2.53. The number of hydrogen-bond acceptors (Lipinski definition) is 2. The Morgan fingerprint density at radius 1 is 0.867 bits per heavy atom. The van der Waals surface area contributed by atoms with Crippen LogP contribution in [0.5, 0.6) is 0 Å². The van der Waals surface area contributed by atoms with Gasteiger partial charge < -0.3 is 5.32 Å². The van der Waals surface area contributed by atoms with Gasteiger partial charge in [0.05, 0.1) is 0 Å². The largest absolute Gasteiger partial charge is 0.317 e. The van der Waals surface area contributed by atoms with Crippen molar-refractivity contribution in [2.75, 3.05) is 19.6 Å². The molecule has 0 aliphatic carbocycles. The van der Waals surface area contributed by atoms with Crippen molar-refractivity contribution in [3.05, 3.63) is 0 Å². The minimum atomic E-state index is 0.971. The molecule has 86 valence electrons. The molecule has 15 heavy (non-hydrogen) atoms. The van der Waals surface area contributed by atoms with E-state index >= 15 is 0 Å². The minimum absolute atomic E-state index is 0.971. The molecule has 0 radical (unpaired) electrons. The third kappa shape index (κ3) is 2.07. The average molecular weight is 208 g/mol. The third-order valence-electron chi connectivity index (χ3n) is 4.77. The molecule has 1 N–H and O–H groups in total. The highest BCUT2D eigenvalue weighted by Gasteiger charge is 2.37. The highest BCUT2D eigenvalue weighted by molar-refractivity contribution is 4.92. The van der Waals surface area contributed by atoms with E-state index < -0.39 is 0 Å². The van der Waals surface area contributed by atoms with Gasteiger partial charge in [-0.1, -0.05) is 6.42 Å². The predicted molar refractivity (Wildman–Crippen MR) is 63.0 cm³/mol. The molecule has 3 aliphatic rings. The molecule has 2 nitrogen and oxygen atoms in total. The SMILES string of the molecule is C1CC2CCC(C1)N2CC1CCNCC1. The van der Waals surface area contributed by atoms with Gasteiger partial charge >= 0.3 is 0 Å². The number of piperidine rings is 2. The predicted octanol–water partition coefficient (Wildman–Crippen LogP) is 2.00. The van der Waals surface area contributed by atoms with Crippen molar-refractivity contribution in [3.8, 4) is 0 Å². The van der Waals surface area contributed by atoms with Gasteiger partial charge in [-0.15, -0.1) is 0 Å². The molecule has 2 heteroatoms. The van der Waals surface area contributed by atoms with Crippen LogP contribution in [-0.2, 0) is 0 Å². The van der Waals surface area contributed by atoms with Crippen LogP contribution in [0, 0.1) is 5.92 Å². The molecule has 0 aromatic heterocycles. The molecule has 3 fully saturated rings. The van der Waals surface area contributed by atoms with Crippen molar-refractivity contribution in [2.24, 2.45) is 5.92 Å². The first kappa shape index (κ1) is 10.1. The number of rotatable bonds is 2. The second kappa shape index (κ2) is 4.42. The van der Waals surface area contributed by atoms with Crippen molar-refractivity contribution < 1.29 is 0 Å². The molecular weight excluding hydrogens is 184 g/mol. The smallest absolute Gasteiger partial charge is 0.00988 e. The molecule has 3 heterocycles. The molecule has 0 amide bonds. The molecule has 0 spiro atoms. The summed E-state index contributed by atoms with van der Waals surface area (Å²) in [5.41, 5.74) is 0. The third-order valence-corrected chi connectivity index (χ3v) is 4.77. The van der Waals surface area contributed by atoms with Gasteiger partial charge in [0.25, 0.3) is 0 Å². The maximum atomic E-state index is 3.47. The fourth-order valence-electron chi connectivity index (χ4n) is 3.88. The normalized spacial score (nSPS) is 38.4. The van der Waals surface area contributed by atoms with E-state index in [1.54, 1.807) is 0 Å². The first-order chi connectivity index (χ1) is 7.43. The highest BCUT2D eigenvalue weighted by atomic mass is 15.2. The first-order valence-electron chi connectivity index (χ1n) is 6.90. The number of hydrogen-bond donors (Lipinski definition) is 1. The Morgan fingerprint density at radius 2 is 1.53 bits per heavy atom. The standard InChI is InChI=1S/C13H24N2/c1-2-12-4-5-13(3-1)15(12)10-11-6-8-14-9-7-11/h11-14H,1-10H2. The van der Waals surface area contributed by atoms with Crippen LogP contribution in [0.15, 0.2) is 0 Å². The lowest BCUT2D eigenvalue weighted by Crippen LogP contribution is -2.44. The lowest BCUT2D eigenvalue weighted by molar-refractivity contribution is 0.108. The molecule has 0 aromatic carbocycles. The molecule has 2 atom stereocenters. The van der Waals surface area contributed by atoms with Crippen LogP contribution >= 0.6 is 0 Å². The summed E-state index contributed by atoms with van der Waals surface area (Å²) in [4.78, 5) is 2.87. The van der Waals surface area contributed by atoms with E-state index in [1.807, 2.05) is 0 Å². The fraction of sp³-hybridized carbons (Fsp3) is 1.00. The summed E-state index contributed by atoms with van der Waals surface area (Å²) in [6, 6.07) is 1.94. The van der Waals surface area contributed by atoms with Crippen LogP contribution < -0.4 is 5.32 Å². The van der Waals surface area contributed by atoms with Gasteiger partial charge in [0.15, 0.2) is 0 Å². The van der Waals surface area contributed by atoms with E-state index in [2.05, 4.69) is 10.2 Å². The number of nitrogens with zero attached hydrogens (tertiary/aromatic N) is 1. The van der Waals surface area contributed by atoms with Gasteiger partial charge in [-0.2, -0.15) is 0 Å². The second-order valence-corrected chi connectivity index (χ2v) is 5.71. The molecule has 0 saturated carbocycles. The van der Waals surface area contributed by atoms with Crippen LogP contribution in [0.4, 0.5) is 0 Å². The van der Waals surface area contributed by atoms with Crippen LogP contribution in [0.3, 0.4) is 0 Å². The zero-order valence-electron chi connectivity index (χ0n) is 9.75. The molecule has 3 rings (SSSR count). The van der Waals surface area contributed by atoms with Gasteiger partial charge in [-0.25, -0.2) is 0 Å². The maximum absolute atomic E-state index is 3.47. The van der Waals surface area contributed by atoms with Gasteiger partial charge in [-0.3, -0.25) is 4.90 Å². The van der Waals surface area contributed by atoms with Gasteiger partial charge in [0, 0.05) is 18.6 Å². The van der Waals surface area contributed by atoms with E-state index in [1.165, 1.54) is 64.6 Å². The van der Waals surface area contributed by atoms with Gasteiger partial charge in [0.2, 0.25) is 0 Å². The quantitative estimate of drug-likeness (QED) is 0.747. The monoisotopic (exact) mass is 208 g/mol. The van der Waals surface area contributed by atoms with E-state index in [-0.39, 0.29) is 0 Å². The van der Waals surface area contributed by atoms with Gasteiger partial charge in [-0.05, 0) is 57.5 Å². The van der Waals surface area contributed by atoms with Crippen molar-refractivity contribution >= 4 is 0 Å². The van der Waals surface area contributed by atoms with Gasteiger partial charge in [0.1, 0.15) is 0 Å². The second-order valence-electron chi connectivity index (χ2n) is 5.71. The summed E-state index contributed by atoms with van der Waals surface area (Å²) in [7, 11) is 0. The molecule has 2 bridgehead atoms. The van der Waals surface area contributed by atoms with Crippen LogP contribution in [0.1, 0.15) is 44.9 Å². The van der Waals surface area contributed by atoms with E-state index in [0.29, 0.717) is 0 Å². The van der Waals surface area contributed by atoms with Crippen LogP contribution in [0.25, 0.3) is 0 Å². The van der Waals surface area contributed by atoms with Crippen LogP contribution in [-0.4, -0.2) is 36.6 Å². The zero-order valence-corrected chi connectivity index (χ0v) is 9.75. The fourth-order valence-corrected chi connectivity index (χ4v) is 3.88. The van der Waals surface area contributed by atoms with Crippen molar-refractivity contribution in [1.29, 1.82) is 0 Å². The summed E-state index contributed by atoms with van der Waals surface area (Å²) < 4.78 is 0. The summed E-state index contributed by atoms with van der Waals surface area (Å²) in [6.07, 6.45) is 10.3. The Bertz CT molecular complexity index is 195. The summed E-state index contributed by atoms with van der Waals surface area (Å²) in [5, 5.41) is 3.47. The summed E-state index contributed by atoms with van der Waals surface area (Å²) >= 11 is 0. The van der Waals surface area contributed by atoms with E-state index in [4.69, 9.17) is 0 Å². The van der Waals surface area contributed by atoms with E-state index in [9.17, 15) is 0 Å².